The summed E-state index contributed by atoms with van der Waals surface area (Å²) in [6.45, 7) is 7.70. The summed E-state index contributed by atoms with van der Waals surface area (Å²) in [5, 5.41) is 0. The number of rotatable bonds is 44. The third kappa shape index (κ3) is 44.6. The minimum atomic E-state index is -0.542. The van der Waals surface area contributed by atoms with Crippen molar-refractivity contribution in [2.75, 3.05) is 19.8 Å². The average molecular weight is 785 g/mol. The molecule has 0 radical (unpaired) electrons. The van der Waals surface area contributed by atoms with Crippen molar-refractivity contribution in [2.24, 2.45) is 0 Å². The molecule has 0 aliphatic heterocycles. The summed E-state index contributed by atoms with van der Waals surface area (Å²) in [5.74, 6) is -0.420. The molecule has 0 aliphatic carbocycles. The van der Waals surface area contributed by atoms with E-state index in [-0.39, 0.29) is 25.2 Å². The monoisotopic (exact) mass is 785 g/mol. The molecule has 5 nitrogen and oxygen atoms in total. The number of carbonyl (C=O) groups excluding carboxylic acids is 2. The molecule has 0 spiro atoms. The fourth-order valence-electron chi connectivity index (χ4n) is 6.75. The summed E-state index contributed by atoms with van der Waals surface area (Å²) in [4.78, 5) is 25.3. The van der Waals surface area contributed by atoms with Gasteiger partial charge in [-0.1, -0.05) is 198 Å². The van der Waals surface area contributed by atoms with Crippen LogP contribution in [0.3, 0.4) is 0 Å². The van der Waals surface area contributed by atoms with Crippen LogP contribution >= 0.6 is 0 Å². The highest BCUT2D eigenvalue weighted by Gasteiger charge is 2.17. The summed E-state index contributed by atoms with van der Waals surface area (Å²) in [5.41, 5.74) is 0. The van der Waals surface area contributed by atoms with E-state index < -0.39 is 6.10 Å². The van der Waals surface area contributed by atoms with Crippen LogP contribution < -0.4 is 0 Å². The van der Waals surface area contributed by atoms with Crippen molar-refractivity contribution in [3.8, 4) is 0 Å². The zero-order valence-electron chi connectivity index (χ0n) is 37.4. The fraction of sp³-hybridized carbons (Fsp3) is 0.804. The predicted molar refractivity (Wildman–Crippen MR) is 242 cm³/mol. The van der Waals surface area contributed by atoms with Crippen LogP contribution in [0.25, 0.3) is 0 Å². The van der Waals surface area contributed by atoms with Crippen LogP contribution in [-0.4, -0.2) is 37.9 Å². The first-order chi connectivity index (χ1) is 27.6. The number of hydrogen-bond donors (Lipinski definition) is 0. The molecule has 56 heavy (non-hydrogen) atoms. The molecule has 0 bridgehead atoms. The maximum Gasteiger partial charge on any atom is 0.306 e. The molecule has 0 amide bonds. The third-order valence-electron chi connectivity index (χ3n) is 10.3. The van der Waals surface area contributed by atoms with Gasteiger partial charge in [0.2, 0.25) is 0 Å². The van der Waals surface area contributed by atoms with E-state index in [0.29, 0.717) is 19.4 Å². The van der Waals surface area contributed by atoms with Gasteiger partial charge in [0.15, 0.2) is 6.10 Å². The first-order valence-corrected chi connectivity index (χ1v) is 24.2. The predicted octanol–water partition coefficient (Wildman–Crippen LogP) is 16.0. The normalized spacial score (nSPS) is 12.6. The van der Waals surface area contributed by atoms with E-state index in [9.17, 15) is 9.59 Å². The maximum atomic E-state index is 12.7. The summed E-state index contributed by atoms with van der Waals surface area (Å²) in [7, 11) is 0. The Labute approximate surface area is 348 Å². The molecule has 0 aromatic heterocycles. The second-order valence-corrected chi connectivity index (χ2v) is 16.0. The molecule has 0 rings (SSSR count). The molecule has 5 heteroatoms. The Morgan fingerprint density at radius 1 is 0.411 bits per heavy atom. The lowest BCUT2D eigenvalue weighted by Gasteiger charge is -2.18. The first kappa shape index (κ1) is 53.9. The second kappa shape index (κ2) is 47.2. The Bertz CT molecular complexity index is 935. The van der Waals surface area contributed by atoms with Gasteiger partial charge < -0.3 is 14.2 Å². The Balaban J connectivity index is 4.26. The Morgan fingerprint density at radius 2 is 0.804 bits per heavy atom. The van der Waals surface area contributed by atoms with Crippen LogP contribution in [-0.2, 0) is 23.8 Å². The van der Waals surface area contributed by atoms with E-state index in [1.54, 1.807) is 0 Å². The summed E-state index contributed by atoms with van der Waals surface area (Å²) >= 11 is 0. The lowest BCUT2D eigenvalue weighted by atomic mass is 10.1. The molecule has 0 fully saturated rings. The number of carbonyl (C=O) groups is 2. The summed E-state index contributed by atoms with van der Waals surface area (Å²) in [6.07, 6.45) is 56.8. The van der Waals surface area contributed by atoms with Crippen molar-refractivity contribution < 1.29 is 23.8 Å². The highest BCUT2D eigenvalue weighted by atomic mass is 16.6. The van der Waals surface area contributed by atoms with Crippen LogP contribution in [0.15, 0.2) is 48.6 Å². The topological polar surface area (TPSA) is 61.8 Å². The van der Waals surface area contributed by atoms with Gasteiger partial charge in [0, 0.05) is 19.4 Å². The molecule has 326 valence electrons. The molecule has 1 unspecified atom stereocenters. The molecule has 0 saturated carbocycles. The highest BCUT2D eigenvalue weighted by molar-refractivity contribution is 5.70. The second-order valence-electron chi connectivity index (χ2n) is 16.0. The van der Waals surface area contributed by atoms with Gasteiger partial charge in [0.05, 0.1) is 6.61 Å². The number of esters is 2. The lowest BCUT2D eigenvalue weighted by Crippen LogP contribution is -2.30. The standard InChI is InChI=1S/C51H92O5/c1-4-7-10-13-16-19-22-24-26-28-30-32-35-38-41-44-50(52)55-48-49(47-54-46-43-40-37-34-21-18-15-12-9-6-3)56-51(53)45-42-39-36-33-31-29-27-25-23-20-17-14-11-8-5-2/h7,10,16,19,24-27,49H,4-6,8-9,11-15,17-18,20-23,28-48H2,1-3H3/b10-7-,19-16-,26-24-,27-25-. The number of unbranched alkanes of at least 4 members (excludes halogenated alkanes) is 25. The maximum absolute atomic E-state index is 12.7. The van der Waals surface area contributed by atoms with Crippen molar-refractivity contribution in [2.45, 2.75) is 245 Å². The molecule has 0 aliphatic rings. The molecule has 0 N–H and O–H groups in total. The zero-order chi connectivity index (χ0) is 40.7. The van der Waals surface area contributed by atoms with Crippen molar-refractivity contribution in [3.05, 3.63) is 48.6 Å². The molecule has 0 aromatic rings. The first-order valence-electron chi connectivity index (χ1n) is 24.2. The van der Waals surface area contributed by atoms with Crippen LogP contribution in [0.5, 0.6) is 0 Å². The average Bonchev–Trinajstić information content (AvgIpc) is 3.20. The van der Waals surface area contributed by atoms with E-state index in [0.717, 1.165) is 83.5 Å². The van der Waals surface area contributed by atoms with E-state index in [2.05, 4.69) is 69.4 Å². The van der Waals surface area contributed by atoms with E-state index in [4.69, 9.17) is 14.2 Å². The number of hydrogen-bond acceptors (Lipinski definition) is 5. The SMILES string of the molecule is CC/C=C\C/C=C\C/C=C\CCCCCCCC(=O)OCC(COCCCCCCCCCCCC)OC(=O)CCCCCCC/C=C\CCCCCCCC. The Hall–Kier alpha value is -2.14. The molecular weight excluding hydrogens is 693 g/mol. The van der Waals surface area contributed by atoms with Gasteiger partial charge in [-0.3, -0.25) is 9.59 Å². The Kier molecular flexibility index (Phi) is 45.4. The molecule has 0 saturated heterocycles. The van der Waals surface area contributed by atoms with Gasteiger partial charge in [-0.25, -0.2) is 0 Å². The summed E-state index contributed by atoms with van der Waals surface area (Å²) < 4.78 is 17.3. The van der Waals surface area contributed by atoms with E-state index in [1.165, 1.54) is 122 Å². The quantitative estimate of drug-likeness (QED) is 0.0350. The van der Waals surface area contributed by atoms with Gasteiger partial charge in [0.1, 0.15) is 6.61 Å². The van der Waals surface area contributed by atoms with E-state index >= 15 is 0 Å². The molecular formula is C51H92O5. The van der Waals surface area contributed by atoms with Crippen molar-refractivity contribution in [1.82, 2.24) is 0 Å². The van der Waals surface area contributed by atoms with Gasteiger partial charge in [-0.2, -0.15) is 0 Å². The van der Waals surface area contributed by atoms with Crippen molar-refractivity contribution in [1.29, 1.82) is 0 Å². The van der Waals surface area contributed by atoms with Gasteiger partial charge >= 0.3 is 11.9 Å². The van der Waals surface area contributed by atoms with Gasteiger partial charge in [-0.05, 0) is 77.0 Å². The lowest BCUT2D eigenvalue weighted by molar-refractivity contribution is -0.163. The van der Waals surface area contributed by atoms with Crippen LogP contribution in [0.1, 0.15) is 239 Å². The molecule has 0 heterocycles. The Morgan fingerprint density at radius 3 is 1.30 bits per heavy atom. The van der Waals surface area contributed by atoms with Crippen molar-refractivity contribution >= 4 is 11.9 Å². The van der Waals surface area contributed by atoms with Crippen LogP contribution in [0.2, 0.25) is 0 Å². The number of allylic oxidation sites excluding steroid dienone is 8. The van der Waals surface area contributed by atoms with Crippen LogP contribution in [0.4, 0.5) is 0 Å². The molecule has 0 aromatic carbocycles. The van der Waals surface area contributed by atoms with Crippen molar-refractivity contribution in [3.63, 3.8) is 0 Å². The van der Waals surface area contributed by atoms with E-state index in [1.807, 2.05) is 0 Å². The smallest absolute Gasteiger partial charge is 0.306 e. The fourth-order valence-corrected chi connectivity index (χ4v) is 6.75. The zero-order valence-corrected chi connectivity index (χ0v) is 37.4. The van der Waals surface area contributed by atoms with Crippen LogP contribution in [0, 0.1) is 0 Å². The minimum Gasteiger partial charge on any atom is -0.462 e. The number of ether oxygens (including phenoxy) is 3. The van der Waals surface area contributed by atoms with Gasteiger partial charge in [-0.15, -0.1) is 0 Å². The van der Waals surface area contributed by atoms with Gasteiger partial charge in [0.25, 0.3) is 0 Å². The minimum absolute atomic E-state index is 0.0753. The molecule has 1 atom stereocenters. The largest absolute Gasteiger partial charge is 0.462 e. The summed E-state index contributed by atoms with van der Waals surface area (Å²) in [6, 6.07) is 0. The highest BCUT2D eigenvalue weighted by Crippen LogP contribution is 2.14. The third-order valence-corrected chi connectivity index (χ3v) is 10.3.